The monoisotopic (exact) mass is 280 g/mol. The van der Waals surface area contributed by atoms with Crippen LogP contribution in [0, 0.1) is 0 Å². The summed E-state index contributed by atoms with van der Waals surface area (Å²) in [5.74, 6) is 0.529. The molecule has 1 heteroatoms. The second kappa shape index (κ2) is 5.65. The molecular weight excluding hydrogens is 256 g/mol. The lowest BCUT2D eigenvalue weighted by molar-refractivity contribution is 0.0579. The molecule has 2 atom stereocenters. The summed E-state index contributed by atoms with van der Waals surface area (Å²) in [7, 11) is 0. The second-order valence-corrected chi connectivity index (χ2v) is 6.33. The van der Waals surface area contributed by atoms with Crippen molar-refractivity contribution in [2.24, 2.45) is 0 Å². The van der Waals surface area contributed by atoms with Gasteiger partial charge in [-0.15, -0.1) is 0 Å². The van der Waals surface area contributed by atoms with E-state index >= 15 is 0 Å². The topological polar surface area (TPSA) is 20.2 Å². The molecule has 0 aromatic heterocycles. The van der Waals surface area contributed by atoms with Crippen LogP contribution in [0.25, 0.3) is 0 Å². The first-order chi connectivity index (χ1) is 10.1. The maximum atomic E-state index is 11.3. The second-order valence-electron chi connectivity index (χ2n) is 6.33. The van der Waals surface area contributed by atoms with Crippen molar-refractivity contribution in [3.8, 4) is 0 Å². The Morgan fingerprint density at radius 1 is 1.10 bits per heavy atom. The number of rotatable bonds is 3. The molecule has 2 aromatic rings. The molecule has 0 saturated carbocycles. The lowest BCUT2D eigenvalue weighted by Gasteiger charge is -2.37. The van der Waals surface area contributed by atoms with E-state index in [1.54, 1.807) is 0 Å². The fourth-order valence-corrected chi connectivity index (χ4v) is 3.55. The zero-order valence-corrected chi connectivity index (χ0v) is 13.0. The summed E-state index contributed by atoms with van der Waals surface area (Å²) in [6.45, 7) is 4.45. The molecule has 0 heterocycles. The molecule has 2 aromatic carbocycles. The van der Waals surface area contributed by atoms with Gasteiger partial charge in [0.2, 0.25) is 0 Å². The van der Waals surface area contributed by atoms with Crippen molar-refractivity contribution in [1.82, 2.24) is 0 Å². The minimum absolute atomic E-state index is 0.529. The smallest absolute Gasteiger partial charge is 0.115 e. The maximum absolute atomic E-state index is 11.3. The Hall–Kier alpha value is -1.60. The van der Waals surface area contributed by atoms with Gasteiger partial charge < -0.3 is 5.11 Å². The Morgan fingerprint density at radius 2 is 1.81 bits per heavy atom. The molecule has 0 fully saturated rings. The first-order valence-corrected chi connectivity index (χ1v) is 8.06. The summed E-state index contributed by atoms with van der Waals surface area (Å²) in [5, 5.41) is 11.3. The first-order valence-electron chi connectivity index (χ1n) is 8.06. The minimum Gasteiger partial charge on any atom is -0.380 e. The van der Waals surface area contributed by atoms with Crippen LogP contribution in [0.2, 0.25) is 0 Å². The summed E-state index contributed by atoms with van der Waals surface area (Å²) in [6, 6.07) is 16.9. The molecular formula is C20H24O. The Morgan fingerprint density at radius 3 is 2.52 bits per heavy atom. The van der Waals surface area contributed by atoms with E-state index in [1.165, 1.54) is 11.1 Å². The fraction of sp³-hybridized carbons (Fsp3) is 0.400. The summed E-state index contributed by atoms with van der Waals surface area (Å²) in [4.78, 5) is 0. The molecule has 3 rings (SSSR count). The molecule has 0 amide bonds. The number of fused-ring (bicyclic) bond motifs is 1. The molecule has 0 bridgehead atoms. The van der Waals surface area contributed by atoms with Gasteiger partial charge in [0.1, 0.15) is 5.60 Å². The number of aliphatic hydroxyl groups is 1. The summed E-state index contributed by atoms with van der Waals surface area (Å²) < 4.78 is 0. The Labute approximate surface area is 127 Å². The molecule has 21 heavy (non-hydrogen) atoms. The van der Waals surface area contributed by atoms with Crippen molar-refractivity contribution in [3.05, 3.63) is 70.8 Å². The van der Waals surface area contributed by atoms with Crippen molar-refractivity contribution >= 4 is 0 Å². The molecule has 2 unspecified atom stereocenters. The van der Waals surface area contributed by atoms with Crippen LogP contribution in [-0.4, -0.2) is 5.11 Å². The van der Waals surface area contributed by atoms with E-state index in [4.69, 9.17) is 0 Å². The van der Waals surface area contributed by atoms with Gasteiger partial charge in [-0.2, -0.15) is 0 Å². The summed E-state index contributed by atoms with van der Waals surface area (Å²) >= 11 is 0. The number of hydrogen-bond acceptors (Lipinski definition) is 1. The van der Waals surface area contributed by atoms with E-state index in [-0.39, 0.29) is 0 Å². The van der Waals surface area contributed by atoms with Crippen LogP contribution in [-0.2, 0) is 12.0 Å². The van der Waals surface area contributed by atoms with Crippen LogP contribution in [0.1, 0.15) is 61.3 Å². The third-order valence-corrected chi connectivity index (χ3v) is 4.85. The molecule has 1 aliphatic rings. The molecule has 110 valence electrons. The number of hydrogen-bond donors (Lipinski definition) is 1. The van der Waals surface area contributed by atoms with Crippen LogP contribution in [0.3, 0.4) is 0 Å². The first kappa shape index (κ1) is 14.3. The Bertz CT molecular complexity index is 614. The average molecular weight is 280 g/mol. The Balaban J connectivity index is 2.02. The van der Waals surface area contributed by atoms with E-state index < -0.39 is 5.60 Å². The number of benzene rings is 2. The van der Waals surface area contributed by atoms with Gasteiger partial charge in [-0.3, -0.25) is 0 Å². The summed E-state index contributed by atoms with van der Waals surface area (Å²) in [5.41, 5.74) is 3.94. The average Bonchev–Trinajstić information content (AvgIpc) is 2.52. The van der Waals surface area contributed by atoms with Gasteiger partial charge in [-0.25, -0.2) is 0 Å². The quantitative estimate of drug-likeness (QED) is 0.858. The highest BCUT2D eigenvalue weighted by molar-refractivity contribution is 5.45. The highest BCUT2D eigenvalue weighted by atomic mass is 16.3. The van der Waals surface area contributed by atoms with E-state index in [0.717, 1.165) is 36.8 Å². The van der Waals surface area contributed by atoms with Gasteiger partial charge in [0, 0.05) is 0 Å². The van der Waals surface area contributed by atoms with Gasteiger partial charge in [0.25, 0.3) is 0 Å². The highest BCUT2D eigenvalue weighted by Crippen LogP contribution is 2.44. The third-order valence-electron chi connectivity index (χ3n) is 4.85. The Kier molecular flexibility index (Phi) is 3.86. The van der Waals surface area contributed by atoms with Crippen molar-refractivity contribution in [2.75, 3.05) is 0 Å². The van der Waals surface area contributed by atoms with Crippen molar-refractivity contribution < 1.29 is 5.11 Å². The van der Waals surface area contributed by atoms with Crippen LogP contribution in [0.15, 0.2) is 48.5 Å². The van der Waals surface area contributed by atoms with Crippen molar-refractivity contribution in [3.63, 3.8) is 0 Å². The van der Waals surface area contributed by atoms with Gasteiger partial charge >= 0.3 is 0 Å². The van der Waals surface area contributed by atoms with Gasteiger partial charge in [0.05, 0.1) is 0 Å². The van der Waals surface area contributed by atoms with E-state index in [1.807, 2.05) is 6.07 Å². The zero-order chi connectivity index (χ0) is 14.9. The fourth-order valence-electron chi connectivity index (χ4n) is 3.55. The van der Waals surface area contributed by atoms with Gasteiger partial charge in [0.15, 0.2) is 0 Å². The predicted molar refractivity (Wildman–Crippen MR) is 87.5 cm³/mol. The predicted octanol–water partition coefficient (Wildman–Crippen LogP) is 4.77. The SMILES string of the molecule is CCCc1ccc(C2(O)CCC(C)c3ccccc32)cc1. The molecule has 0 spiro atoms. The molecule has 0 saturated heterocycles. The van der Waals surface area contributed by atoms with Crippen LogP contribution in [0.5, 0.6) is 0 Å². The number of aryl methyl sites for hydroxylation is 1. The van der Waals surface area contributed by atoms with Crippen molar-refractivity contribution in [1.29, 1.82) is 0 Å². The summed E-state index contributed by atoms with van der Waals surface area (Å²) in [6.07, 6.45) is 4.10. The normalized spacial score (nSPS) is 24.6. The van der Waals surface area contributed by atoms with Gasteiger partial charge in [-0.05, 0) is 47.4 Å². The zero-order valence-electron chi connectivity index (χ0n) is 13.0. The highest BCUT2D eigenvalue weighted by Gasteiger charge is 2.37. The standard InChI is InChI=1S/C20H24O/c1-3-6-16-9-11-17(12-10-16)20(21)14-13-15(2)18-7-4-5-8-19(18)20/h4-5,7-12,15,21H,3,6,13-14H2,1-2H3. The van der Waals surface area contributed by atoms with Crippen LogP contribution >= 0.6 is 0 Å². The van der Waals surface area contributed by atoms with E-state index in [2.05, 4.69) is 56.3 Å². The van der Waals surface area contributed by atoms with E-state index in [9.17, 15) is 5.11 Å². The molecule has 1 nitrogen and oxygen atoms in total. The van der Waals surface area contributed by atoms with Gasteiger partial charge in [-0.1, -0.05) is 68.8 Å². The van der Waals surface area contributed by atoms with Crippen LogP contribution in [0.4, 0.5) is 0 Å². The minimum atomic E-state index is -0.826. The third kappa shape index (κ3) is 2.51. The molecule has 0 radical (unpaired) electrons. The van der Waals surface area contributed by atoms with Crippen LogP contribution < -0.4 is 0 Å². The lowest BCUT2D eigenvalue weighted by atomic mass is 9.71. The lowest BCUT2D eigenvalue weighted by Crippen LogP contribution is -2.32. The maximum Gasteiger partial charge on any atom is 0.115 e. The molecule has 1 N–H and O–H groups in total. The molecule has 0 aliphatic heterocycles. The molecule has 1 aliphatic carbocycles. The van der Waals surface area contributed by atoms with Crippen molar-refractivity contribution in [2.45, 2.75) is 51.0 Å². The van der Waals surface area contributed by atoms with E-state index in [0.29, 0.717) is 5.92 Å². The largest absolute Gasteiger partial charge is 0.380 e.